The van der Waals surface area contributed by atoms with Gasteiger partial charge in [0.1, 0.15) is 5.75 Å². The lowest BCUT2D eigenvalue weighted by Gasteiger charge is -2.15. The van der Waals surface area contributed by atoms with Crippen LogP contribution >= 0.6 is 0 Å². The third kappa shape index (κ3) is 5.54. The maximum Gasteiger partial charge on any atom is 0.119 e. The molecule has 2 aliphatic heterocycles. The molecule has 19 heavy (non-hydrogen) atoms. The van der Waals surface area contributed by atoms with E-state index in [0.717, 1.165) is 12.3 Å². The Morgan fingerprint density at radius 1 is 0.895 bits per heavy atom. The van der Waals surface area contributed by atoms with E-state index in [1.165, 1.54) is 57.1 Å². The summed E-state index contributed by atoms with van der Waals surface area (Å²) >= 11 is 0. The fourth-order valence-electron chi connectivity index (χ4n) is 2.62. The molecule has 2 nitrogen and oxygen atoms in total. The largest absolute Gasteiger partial charge is 0.491 e. The maximum absolute atomic E-state index is 5.94. The van der Waals surface area contributed by atoms with Crippen molar-refractivity contribution in [2.24, 2.45) is 0 Å². The Bertz CT molecular complexity index is 347. The first kappa shape index (κ1) is 14.2. The van der Waals surface area contributed by atoms with E-state index in [4.69, 9.17) is 4.74 Å². The van der Waals surface area contributed by atoms with E-state index < -0.39 is 0 Å². The Labute approximate surface area is 117 Å². The molecule has 1 atom stereocenters. The van der Waals surface area contributed by atoms with Crippen molar-refractivity contribution < 1.29 is 4.74 Å². The highest BCUT2D eigenvalue weighted by molar-refractivity contribution is 5.46. The van der Waals surface area contributed by atoms with Gasteiger partial charge in [0, 0.05) is 12.2 Å². The lowest BCUT2D eigenvalue weighted by Crippen LogP contribution is -2.11. The Morgan fingerprint density at radius 3 is 2.26 bits per heavy atom. The monoisotopic (exact) mass is 261 g/mol. The second kappa shape index (κ2) is 8.08. The summed E-state index contributed by atoms with van der Waals surface area (Å²) < 4.78 is 5.94. The van der Waals surface area contributed by atoms with Crippen molar-refractivity contribution in [2.75, 3.05) is 11.9 Å². The summed E-state index contributed by atoms with van der Waals surface area (Å²) in [6, 6.07) is 8.39. The molecule has 0 aromatic heterocycles. The lowest BCUT2D eigenvalue weighted by atomic mass is 10.1. The van der Waals surface area contributed by atoms with Crippen molar-refractivity contribution in [3.63, 3.8) is 0 Å². The minimum atomic E-state index is 0.326. The van der Waals surface area contributed by atoms with Gasteiger partial charge >= 0.3 is 0 Å². The fourth-order valence-corrected chi connectivity index (χ4v) is 2.62. The molecule has 2 aliphatic rings. The average molecular weight is 261 g/mol. The predicted octanol–water partition coefficient (Wildman–Crippen LogP) is 5.00. The van der Waals surface area contributed by atoms with E-state index in [1.807, 2.05) is 0 Å². The van der Waals surface area contributed by atoms with Crippen molar-refractivity contribution in [3.8, 4) is 5.75 Å². The SMILES string of the molecule is CC1CCCCCCCCCNc2ccc(cc2)O1. The zero-order valence-corrected chi connectivity index (χ0v) is 12.2. The van der Waals surface area contributed by atoms with Gasteiger partial charge in [0.15, 0.2) is 0 Å². The summed E-state index contributed by atoms with van der Waals surface area (Å²) in [7, 11) is 0. The van der Waals surface area contributed by atoms with Gasteiger partial charge in [-0.2, -0.15) is 0 Å². The summed E-state index contributed by atoms with van der Waals surface area (Å²) in [5.41, 5.74) is 1.20. The summed E-state index contributed by atoms with van der Waals surface area (Å²) in [6.45, 7) is 3.26. The minimum Gasteiger partial charge on any atom is -0.491 e. The number of benzene rings is 1. The van der Waals surface area contributed by atoms with Crippen molar-refractivity contribution >= 4 is 5.69 Å². The highest BCUT2D eigenvalue weighted by atomic mass is 16.5. The highest BCUT2D eigenvalue weighted by Gasteiger charge is 2.04. The summed E-state index contributed by atoms with van der Waals surface area (Å²) in [4.78, 5) is 0. The van der Waals surface area contributed by atoms with Crippen molar-refractivity contribution in [3.05, 3.63) is 24.3 Å². The Morgan fingerprint density at radius 2 is 1.53 bits per heavy atom. The summed E-state index contributed by atoms with van der Waals surface area (Å²) in [5, 5.41) is 3.47. The molecule has 0 spiro atoms. The Hall–Kier alpha value is -1.18. The van der Waals surface area contributed by atoms with Crippen LogP contribution in [-0.2, 0) is 0 Å². The van der Waals surface area contributed by atoms with E-state index in [2.05, 4.69) is 36.5 Å². The van der Waals surface area contributed by atoms with Gasteiger partial charge < -0.3 is 10.1 Å². The van der Waals surface area contributed by atoms with E-state index in [1.54, 1.807) is 0 Å². The third-order valence-corrected chi connectivity index (χ3v) is 3.81. The van der Waals surface area contributed by atoms with Crippen LogP contribution in [0, 0.1) is 0 Å². The van der Waals surface area contributed by atoms with E-state index in [0.29, 0.717) is 6.10 Å². The van der Waals surface area contributed by atoms with Gasteiger partial charge in [-0.1, -0.05) is 32.1 Å². The maximum atomic E-state index is 5.94. The molecule has 1 N–H and O–H groups in total. The van der Waals surface area contributed by atoms with E-state index in [-0.39, 0.29) is 0 Å². The standard InChI is InChI=1S/C17H27NO/c1-15-9-7-5-3-2-4-6-8-14-18-16-10-12-17(19-15)13-11-16/h10-13,15,18H,2-9,14H2,1H3. The molecule has 1 unspecified atom stereocenters. The minimum absolute atomic E-state index is 0.326. The Balaban J connectivity index is 1.91. The molecule has 0 radical (unpaired) electrons. The topological polar surface area (TPSA) is 21.3 Å². The van der Waals surface area contributed by atoms with E-state index >= 15 is 0 Å². The van der Waals surface area contributed by atoms with Crippen LogP contribution in [0.1, 0.15) is 58.3 Å². The van der Waals surface area contributed by atoms with Crippen LogP contribution in [0.5, 0.6) is 5.75 Å². The first-order chi connectivity index (χ1) is 9.34. The molecule has 2 heteroatoms. The van der Waals surface area contributed by atoms with Gasteiger partial charge in [-0.3, -0.25) is 0 Å². The molecule has 0 fully saturated rings. The van der Waals surface area contributed by atoms with Crippen LogP contribution in [0.15, 0.2) is 24.3 Å². The van der Waals surface area contributed by atoms with Crippen LogP contribution in [0.25, 0.3) is 0 Å². The van der Waals surface area contributed by atoms with Gasteiger partial charge in [0.25, 0.3) is 0 Å². The molecule has 0 saturated carbocycles. The average Bonchev–Trinajstić information content (AvgIpc) is 2.41. The van der Waals surface area contributed by atoms with Crippen molar-refractivity contribution in [1.82, 2.24) is 0 Å². The molecule has 2 heterocycles. The van der Waals surface area contributed by atoms with Crippen LogP contribution in [0.4, 0.5) is 5.69 Å². The number of nitrogens with one attached hydrogen (secondary N) is 1. The number of anilines is 1. The molecule has 1 aromatic rings. The number of ether oxygens (including phenoxy) is 1. The smallest absolute Gasteiger partial charge is 0.119 e. The van der Waals surface area contributed by atoms with Gasteiger partial charge in [0.05, 0.1) is 6.10 Å². The van der Waals surface area contributed by atoms with Crippen molar-refractivity contribution in [2.45, 2.75) is 64.4 Å². The second-order valence-electron chi connectivity index (χ2n) is 5.64. The van der Waals surface area contributed by atoms with Crippen molar-refractivity contribution in [1.29, 1.82) is 0 Å². The zero-order valence-electron chi connectivity index (χ0n) is 12.2. The first-order valence-corrected chi connectivity index (χ1v) is 7.85. The second-order valence-corrected chi connectivity index (χ2v) is 5.64. The molecule has 0 amide bonds. The fraction of sp³-hybridized carbons (Fsp3) is 0.647. The highest BCUT2D eigenvalue weighted by Crippen LogP contribution is 2.19. The van der Waals surface area contributed by atoms with Crippen LogP contribution in [-0.4, -0.2) is 12.6 Å². The van der Waals surface area contributed by atoms with Gasteiger partial charge in [-0.25, -0.2) is 0 Å². The molecular formula is C17H27NO. The number of hydrogen-bond acceptors (Lipinski definition) is 2. The third-order valence-electron chi connectivity index (χ3n) is 3.81. The molecular weight excluding hydrogens is 234 g/mol. The number of fused-ring (bicyclic) bond motifs is 13. The van der Waals surface area contributed by atoms with Gasteiger partial charge in [-0.05, 0) is 50.5 Å². The number of hydrogen-bond donors (Lipinski definition) is 1. The number of rotatable bonds is 0. The van der Waals surface area contributed by atoms with Crippen LogP contribution < -0.4 is 10.1 Å². The van der Waals surface area contributed by atoms with Gasteiger partial charge in [0.2, 0.25) is 0 Å². The summed E-state index contributed by atoms with van der Waals surface area (Å²) in [5.74, 6) is 0.991. The molecule has 3 rings (SSSR count). The normalized spacial score (nSPS) is 22.5. The Kier molecular flexibility index (Phi) is 6.06. The molecule has 0 aliphatic carbocycles. The van der Waals surface area contributed by atoms with Crippen LogP contribution in [0.2, 0.25) is 0 Å². The molecule has 0 saturated heterocycles. The van der Waals surface area contributed by atoms with E-state index in [9.17, 15) is 0 Å². The predicted molar refractivity (Wildman–Crippen MR) is 82.0 cm³/mol. The lowest BCUT2D eigenvalue weighted by molar-refractivity contribution is 0.206. The zero-order chi connectivity index (χ0) is 13.3. The van der Waals surface area contributed by atoms with Crippen LogP contribution in [0.3, 0.4) is 0 Å². The summed E-state index contributed by atoms with van der Waals surface area (Å²) in [6.07, 6.45) is 10.9. The van der Waals surface area contributed by atoms with Gasteiger partial charge in [-0.15, -0.1) is 0 Å². The quantitative estimate of drug-likeness (QED) is 0.709. The molecule has 106 valence electrons. The molecule has 1 aromatic carbocycles. The molecule has 2 bridgehead atoms. The first-order valence-electron chi connectivity index (χ1n) is 7.85.